The minimum absolute atomic E-state index is 0.0478. The van der Waals surface area contributed by atoms with Crippen LogP contribution in [0.15, 0.2) is 48.5 Å². The maximum Gasteiger partial charge on any atom is 0.227 e. The minimum atomic E-state index is -0.0558. The molecule has 1 fully saturated rings. The number of amides is 2. The van der Waals surface area contributed by atoms with E-state index in [4.69, 9.17) is 14.2 Å². The third-order valence-electron chi connectivity index (χ3n) is 6.21. The molecule has 4 rings (SSSR count). The van der Waals surface area contributed by atoms with Gasteiger partial charge in [-0.2, -0.15) is 0 Å². The van der Waals surface area contributed by atoms with Gasteiger partial charge in [0.1, 0.15) is 0 Å². The topological polar surface area (TPSA) is 77.1 Å². The Kier molecular flexibility index (Phi) is 6.91. The van der Waals surface area contributed by atoms with Gasteiger partial charge >= 0.3 is 0 Å². The summed E-state index contributed by atoms with van der Waals surface area (Å²) >= 11 is 0. The fourth-order valence-corrected chi connectivity index (χ4v) is 4.51. The van der Waals surface area contributed by atoms with E-state index in [2.05, 4.69) is 23.5 Å². The van der Waals surface area contributed by atoms with E-state index in [0.717, 1.165) is 33.9 Å². The highest BCUT2D eigenvalue weighted by molar-refractivity contribution is 5.89. The van der Waals surface area contributed by atoms with Gasteiger partial charge in [0.15, 0.2) is 11.5 Å². The fraction of sp³-hybridized carbons (Fsp3) is 0.333. The number of methoxy groups -OCH3 is 3. The monoisotopic (exact) mass is 462 g/mol. The van der Waals surface area contributed by atoms with Crippen LogP contribution in [0.25, 0.3) is 21.9 Å². The summed E-state index contributed by atoms with van der Waals surface area (Å²) in [6, 6.07) is 16.2. The molecule has 0 aromatic heterocycles. The quantitative estimate of drug-likeness (QED) is 0.578. The second kappa shape index (κ2) is 10.0. The molecule has 1 aliphatic heterocycles. The van der Waals surface area contributed by atoms with Crippen LogP contribution in [0.3, 0.4) is 0 Å². The average molecular weight is 463 g/mol. The fourth-order valence-electron chi connectivity index (χ4n) is 4.51. The summed E-state index contributed by atoms with van der Waals surface area (Å²) < 4.78 is 16.4. The molecule has 1 unspecified atom stereocenters. The largest absolute Gasteiger partial charge is 0.493 e. The molecule has 178 valence electrons. The van der Waals surface area contributed by atoms with Crippen LogP contribution in [0.5, 0.6) is 17.2 Å². The number of fused-ring (bicyclic) bond motifs is 1. The van der Waals surface area contributed by atoms with Crippen LogP contribution in [-0.4, -0.2) is 57.2 Å². The summed E-state index contributed by atoms with van der Waals surface area (Å²) in [5.41, 5.74) is 2.95. The summed E-state index contributed by atoms with van der Waals surface area (Å²) in [5.74, 6) is 1.80. The lowest BCUT2D eigenvalue weighted by Crippen LogP contribution is -2.37. The zero-order valence-electron chi connectivity index (χ0n) is 20.0. The van der Waals surface area contributed by atoms with Crippen molar-refractivity contribution in [1.82, 2.24) is 10.2 Å². The highest BCUT2D eigenvalue weighted by atomic mass is 16.5. The molecule has 1 N–H and O–H groups in total. The van der Waals surface area contributed by atoms with E-state index in [1.165, 1.54) is 6.92 Å². The van der Waals surface area contributed by atoms with Crippen LogP contribution in [0.2, 0.25) is 0 Å². The Bertz CT molecular complexity index is 1200. The van der Waals surface area contributed by atoms with Crippen molar-refractivity contribution < 1.29 is 23.8 Å². The van der Waals surface area contributed by atoms with Crippen molar-refractivity contribution in [2.24, 2.45) is 0 Å². The predicted molar refractivity (Wildman–Crippen MR) is 132 cm³/mol. The molecular weight excluding hydrogens is 432 g/mol. The van der Waals surface area contributed by atoms with Crippen molar-refractivity contribution >= 4 is 22.6 Å². The number of carbonyl (C=O) groups is 2. The number of rotatable bonds is 7. The van der Waals surface area contributed by atoms with Gasteiger partial charge < -0.3 is 24.4 Å². The Morgan fingerprint density at radius 3 is 2.24 bits per heavy atom. The van der Waals surface area contributed by atoms with Gasteiger partial charge in [0.05, 0.1) is 27.8 Å². The Morgan fingerprint density at radius 1 is 0.912 bits per heavy atom. The van der Waals surface area contributed by atoms with E-state index in [-0.39, 0.29) is 17.9 Å². The van der Waals surface area contributed by atoms with Gasteiger partial charge in [-0.15, -0.1) is 0 Å². The number of hydrogen-bond acceptors (Lipinski definition) is 5. The van der Waals surface area contributed by atoms with E-state index in [1.807, 2.05) is 35.2 Å². The third-order valence-corrected chi connectivity index (χ3v) is 6.21. The maximum atomic E-state index is 12.8. The molecule has 0 spiro atoms. The lowest BCUT2D eigenvalue weighted by molar-refractivity contribution is -0.129. The first-order valence-corrected chi connectivity index (χ1v) is 11.3. The van der Waals surface area contributed by atoms with E-state index < -0.39 is 0 Å². The van der Waals surface area contributed by atoms with Gasteiger partial charge in [-0.3, -0.25) is 9.59 Å². The Balaban J connectivity index is 1.53. The lowest BCUT2D eigenvalue weighted by Gasteiger charge is -2.17. The molecule has 0 bridgehead atoms. The Morgan fingerprint density at radius 2 is 1.59 bits per heavy atom. The molecule has 1 atom stereocenters. The van der Waals surface area contributed by atoms with Gasteiger partial charge in [0, 0.05) is 26.1 Å². The maximum absolute atomic E-state index is 12.8. The van der Waals surface area contributed by atoms with E-state index >= 15 is 0 Å². The van der Waals surface area contributed by atoms with E-state index in [0.29, 0.717) is 36.8 Å². The average Bonchev–Trinajstić information content (AvgIpc) is 3.30. The molecule has 0 saturated carbocycles. The first-order valence-electron chi connectivity index (χ1n) is 11.3. The number of benzene rings is 3. The van der Waals surface area contributed by atoms with Crippen LogP contribution < -0.4 is 19.5 Å². The Labute approximate surface area is 199 Å². The summed E-state index contributed by atoms with van der Waals surface area (Å²) in [4.78, 5) is 25.9. The molecule has 2 amide bonds. The SMILES string of the molecule is COc1cc(-c2ccc3cc(CC(=O)N4CCC(NC(C)=O)C4)ccc3c2)cc(OC)c1OC. The number of hydrogen-bond donors (Lipinski definition) is 1. The van der Waals surface area contributed by atoms with Crippen LogP contribution >= 0.6 is 0 Å². The van der Waals surface area contributed by atoms with Gasteiger partial charge in [-0.05, 0) is 52.1 Å². The summed E-state index contributed by atoms with van der Waals surface area (Å²) in [7, 11) is 4.79. The summed E-state index contributed by atoms with van der Waals surface area (Å²) in [6.07, 6.45) is 1.14. The van der Waals surface area contributed by atoms with Crippen molar-refractivity contribution in [3.63, 3.8) is 0 Å². The van der Waals surface area contributed by atoms with Crippen molar-refractivity contribution in [3.8, 4) is 28.4 Å². The number of likely N-dealkylation sites (tertiary alicyclic amines) is 1. The molecular formula is C27H30N2O5. The second-order valence-electron chi connectivity index (χ2n) is 8.51. The first kappa shape index (κ1) is 23.4. The van der Waals surface area contributed by atoms with E-state index in [9.17, 15) is 9.59 Å². The van der Waals surface area contributed by atoms with Crippen molar-refractivity contribution in [1.29, 1.82) is 0 Å². The molecule has 1 saturated heterocycles. The van der Waals surface area contributed by atoms with Gasteiger partial charge in [-0.25, -0.2) is 0 Å². The highest BCUT2D eigenvalue weighted by Crippen LogP contribution is 2.41. The van der Waals surface area contributed by atoms with Gasteiger partial charge in [0.2, 0.25) is 17.6 Å². The molecule has 1 heterocycles. The first-order chi connectivity index (χ1) is 16.4. The predicted octanol–water partition coefficient (Wildman–Crippen LogP) is 3.81. The molecule has 1 aliphatic rings. The summed E-state index contributed by atoms with van der Waals surface area (Å²) in [6.45, 7) is 2.76. The third kappa shape index (κ3) is 4.93. The van der Waals surface area contributed by atoms with Crippen LogP contribution in [0, 0.1) is 0 Å². The number of ether oxygens (including phenoxy) is 3. The van der Waals surface area contributed by atoms with Crippen LogP contribution in [0.1, 0.15) is 18.9 Å². The number of carbonyl (C=O) groups excluding carboxylic acids is 2. The lowest BCUT2D eigenvalue weighted by atomic mass is 9.98. The zero-order valence-corrected chi connectivity index (χ0v) is 20.0. The number of nitrogens with zero attached hydrogens (tertiary/aromatic N) is 1. The smallest absolute Gasteiger partial charge is 0.227 e. The van der Waals surface area contributed by atoms with Gasteiger partial charge in [-0.1, -0.05) is 30.3 Å². The summed E-state index contributed by atoms with van der Waals surface area (Å²) in [5, 5.41) is 5.05. The normalized spacial score (nSPS) is 15.3. The van der Waals surface area contributed by atoms with Crippen molar-refractivity contribution in [2.45, 2.75) is 25.8 Å². The second-order valence-corrected chi connectivity index (χ2v) is 8.51. The van der Waals surface area contributed by atoms with Gasteiger partial charge in [0.25, 0.3) is 0 Å². The molecule has 3 aromatic carbocycles. The Hall–Kier alpha value is -3.74. The molecule has 7 heteroatoms. The molecule has 3 aromatic rings. The number of nitrogens with one attached hydrogen (secondary N) is 1. The molecule has 0 radical (unpaired) electrons. The molecule has 34 heavy (non-hydrogen) atoms. The zero-order chi connectivity index (χ0) is 24.2. The van der Waals surface area contributed by atoms with Crippen molar-refractivity contribution in [2.75, 3.05) is 34.4 Å². The standard InChI is InChI=1S/C27H30N2O5/c1-17(30)28-23-9-10-29(16-23)26(31)12-18-5-6-20-13-21(8-7-19(20)11-18)22-14-24(32-2)27(34-4)25(15-22)33-3/h5-8,11,13-15,23H,9-10,12,16H2,1-4H3,(H,28,30). The highest BCUT2D eigenvalue weighted by Gasteiger charge is 2.26. The van der Waals surface area contributed by atoms with Crippen LogP contribution in [-0.2, 0) is 16.0 Å². The van der Waals surface area contributed by atoms with Crippen LogP contribution in [0.4, 0.5) is 0 Å². The minimum Gasteiger partial charge on any atom is -0.493 e. The molecule has 7 nitrogen and oxygen atoms in total. The van der Waals surface area contributed by atoms with E-state index in [1.54, 1.807) is 21.3 Å². The van der Waals surface area contributed by atoms with Crippen molar-refractivity contribution in [3.05, 3.63) is 54.1 Å². The molecule has 0 aliphatic carbocycles.